The quantitative estimate of drug-likeness (QED) is 0.368. The molecule has 0 aliphatic carbocycles. The number of hydrazine groups is 1. The zero-order chi connectivity index (χ0) is 11.7. The van der Waals surface area contributed by atoms with Crippen LogP contribution in [-0.2, 0) is 4.79 Å². The number of carbonyl (C=O) groups excluding carboxylic acids is 2. The van der Waals surface area contributed by atoms with E-state index in [0.717, 1.165) is 0 Å². The van der Waals surface area contributed by atoms with Crippen LogP contribution in [0.1, 0.15) is 0 Å². The lowest BCUT2D eigenvalue weighted by Gasteiger charge is -2.33. The van der Waals surface area contributed by atoms with Crippen LogP contribution in [-0.4, -0.2) is 25.5 Å². The first-order valence-corrected chi connectivity index (χ1v) is 4.79. The molecule has 1 aliphatic rings. The zero-order valence-corrected chi connectivity index (χ0v) is 8.80. The van der Waals surface area contributed by atoms with Gasteiger partial charge < -0.3 is 4.90 Å². The molecule has 0 atom stereocenters. The van der Waals surface area contributed by atoms with Crippen LogP contribution in [0.4, 0.5) is 16.2 Å². The Morgan fingerprint density at radius 2 is 2.00 bits per heavy atom. The van der Waals surface area contributed by atoms with E-state index >= 15 is 0 Å². The molecule has 0 bridgehead atoms. The molecule has 0 fully saturated rings. The Balaban J connectivity index is 2.49. The Morgan fingerprint density at radius 1 is 1.38 bits per heavy atom. The van der Waals surface area contributed by atoms with Gasteiger partial charge in [-0.1, -0.05) is 12.1 Å². The van der Waals surface area contributed by atoms with Crippen molar-refractivity contribution < 1.29 is 9.59 Å². The Kier molecular flexibility index (Phi) is 2.49. The molecule has 1 heterocycles. The molecule has 16 heavy (non-hydrogen) atoms. The monoisotopic (exact) mass is 220 g/mol. The number of nitrogens with two attached hydrogens (primary N) is 1. The van der Waals surface area contributed by atoms with E-state index in [2.05, 4.69) is 0 Å². The number of fused-ring (bicyclic) bond motifs is 1. The van der Waals surface area contributed by atoms with Crippen LogP contribution in [0, 0.1) is 0 Å². The number of hydrogen-bond donors (Lipinski definition) is 2. The molecule has 0 saturated heterocycles. The maximum atomic E-state index is 11.7. The molecule has 84 valence electrons. The van der Waals surface area contributed by atoms with Gasteiger partial charge in [0, 0.05) is 7.05 Å². The summed E-state index contributed by atoms with van der Waals surface area (Å²) in [5, 5.41) is 0. The summed E-state index contributed by atoms with van der Waals surface area (Å²) in [4.78, 5) is 26.0. The second-order valence-corrected chi connectivity index (χ2v) is 3.48. The summed E-state index contributed by atoms with van der Waals surface area (Å²) in [5.74, 6) is 4.92. The topological polar surface area (TPSA) is 78.7 Å². The van der Waals surface area contributed by atoms with Gasteiger partial charge in [0.15, 0.2) is 0 Å². The van der Waals surface area contributed by atoms with Gasteiger partial charge in [-0.15, -0.1) is 0 Å². The van der Waals surface area contributed by atoms with Gasteiger partial charge in [0.1, 0.15) is 6.54 Å². The van der Waals surface area contributed by atoms with E-state index in [1.165, 1.54) is 9.80 Å². The predicted molar refractivity (Wildman–Crippen MR) is 59.9 cm³/mol. The lowest BCUT2D eigenvalue weighted by Crippen LogP contribution is -2.51. The number of likely N-dealkylation sites (N-methyl/N-ethyl adjacent to an activating group) is 1. The maximum Gasteiger partial charge on any atom is 0.336 e. The van der Waals surface area contributed by atoms with Crippen LogP contribution in [0.5, 0.6) is 0 Å². The molecule has 0 unspecified atom stereocenters. The number of amides is 3. The van der Waals surface area contributed by atoms with Gasteiger partial charge in [-0.05, 0) is 12.1 Å². The molecule has 6 heteroatoms. The first-order valence-electron chi connectivity index (χ1n) is 4.79. The Hall–Kier alpha value is -2.08. The fraction of sp³-hybridized carbons (Fsp3) is 0.200. The normalized spacial score (nSPS) is 14.8. The summed E-state index contributed by atoms with van der Waals surface area (Å²) in [6.07, 6.45) is 0. The van der Waals surface area contributed by atoms with Crippen molar-refractivity contribution in [3.8, 4) is 0 Å². The summed E-state index contributed by atoms with van der Waals surface area (Å²) in [6.45, 7) is -0.00343. The fourth-order valence-corrected chi connectivity index (χ4v) is 1.70. The molecule has 0 aromatic heterocycles. The number of urea groups is 1. The van der Waals surface area contributed by atoms with Crippen LogP contribution in [0.3, 0.4) is 0 Å². The second-order valence-electron chi connectivity index (χ2n) is 3.48. The van der Waals surface area contributed by atoms with Gasteiger partial charge >= 0.3 is 6.03 Å². The second kappa shape index (κ2) is 3.82. The maximum absolute atomic E-state index is 11.7. The predicted octanol–water partition coefficient (Wildman–Crippen LogP) is 0.0527. The van der Waals surface area contributed by atoms with Crippen molar-refractivity contribution in [3.63, 3.8) is 0 Å². The number of nitrogens with zero attached hydrogens (tertiary/aromatic N) is 2. The van der Waals surface area contributed by atoms with E-state index in [4.69, 9.17) is 5.84 Å². The van der Waals surface area contributed by atoms with Crippen molar-refractivity contribution in [2.24, 2.45) is 5.84 Å². The van der Waals surface area contributed by atoms with Crippen molar-refractivity contribution in [1.82, 2.24) is 5.43 Å². The molecule has 2 rings (SSSR count). The highest BCUT2D eigenvalue weighted by atomic mass is 16.2. The number of para-hydroxylation sites is 2. The zero-order valence-electron chi connectivity index (χ0n) is 8.80. The van der Waals surface area contributed by atoms with E-state index in [-0.39, 0.29) is 12.5 Å². The highest BCUT2D eigenvalue weighted by molar-refractivity contribution is 6.10. The standard InChI is InChI=1S/C10H12N4O2/c1-13-7-4-2-3-5-8(7)14(6-9(13)15)10(16)12-11/h2-5H,6,11H2,1H3,(H,12,16). The van der Waals surface area contributed by atoms with E-state index in [1.807, 2.05) is 11.5 Å². The molecule has 6 nitrogen and oxygen atoms in total. The third-order valence-electron chi connectivity index (χ3n) is 2.57. The van der Waals surface area contributed by atoms with Crippen molar-refractivity contribution in [2.75, 3.05) is 23.4 Å². The summed E-state index contributed by atoms with van der Waals surface area (Å²) in [5.41, 5.74) is 3.40. The first-order chi connectivity index (χ1) is 7.65. The van der Waals surface area contributed by atoms with Crippen LogP contribution in [0.2, 0.25) is 0 Å². The van der Waals surface area contributed by atoms with Crippen molar-refractivity contribution in [1.29, 1.82) is 0 Å². The summed E-state index contributed by atoms with van der Waals surface area (Å²) in [7, 11) is 1.68. The van der Waals surface area contributed by atoms with E-state index in [0.29, 0.717) is 11.4 Å². The molecule has 1 aromatic carbocycles. The Bertz CT molecular complexity index is 446. The third kappa shape index (κ3) is 1.49. The molecule has 0 spiro atoms. The SMILES string of the molecule is CN1C(=O)CN(C(=O)NN)c2ccccc21. The number of hydrogen-bond acceptors (Lipinski definition) is 3. The van der Waals surface area contributed by atoms with E-state index in [1.54, 1.807) is 25.2 Å². The fourth-order valence-electron chi connectivity index (χ4n) is 1.70. The first kappa shape index (κ1) is 10.4. The summed E-state index contributed by atoms with van der Waals surface area (Å²) >= 11 is 0. The van der Waals surface area contributed by atoms with Crippen LogP contribution >= 0.6 is 0 Å². The molecule has 1 aromatic rings. The summed E-state index contributed by atoms with van der Waals surface area (Å²) in [6, 6.07) is 6.68. The van der Waals surface area contributed by atoms with Gasteiger partial charge in [0.05, 0.1) is 11.4 Å². The largest absolute Gasteiger partial charge is 0.336 e. The molecule has 0 saturated carbocycles. The van der Waals surface area contributed by atoms with Crippen LogP contribution in [0.15, 0.2) is 24.3 Å². The van der Waals surface area contributed by atoms with Crippen molar-refractivity contribution >= 4 is 23.3 Å². The van der Waals surface area contributed by atoms with E-state index < -0.39 is 6.03 Å². The Labute approximate surface area is 92.6 Å². The molecule has 3 amide bonds. The number of benzene rings is 1. The van der Waals surface area contributed by atoms with Gasteiger partial charge in [-0.2, -0.15) is 0 Å². The number of anilines is 2. The van der Waals surface area contributed by atoms with Crippen LogP contribution in [0.25, 0.3) is 0 Å². The van der Waals surface area contributed by atoms with Gasteiger partial charge in [0.25, 0.3) is 0 Å². The van der Waals surface area contributed by atoms with Crippen molar-refractivity contribution in [2.45, 2.75) is 0 Å². The lowest BCUT2D eigenvalue weighted by atomic mass is 10.2. The minimum atomic E-state index is -0.492. The van der Waals surface area contributed by atoms with Crippen molar-refractivity contribution in [3.05, 3.63) is 24.3 Å². The molecule has 1 aliphatic heterocycles. The summed E-state index contributed by atoms with van der Waals surface area (Å²) < 4.78 is 0. The van der Waals surface area contributed by atoms with E-state index in [9.17, 15) is 9.59 Å². The Morgan fingerprint density at radius 3 is 2.62 bits per heavy atom. The highest BCUT2D eigenvalue weighted by Gasteiger charge is 2.29. The van der Waals surface area contributed by atoms with Gasteiger partial charge in [-0.3, -0.25) is 15.1 Å². The minimum Gasteiger partial charge on any atom is -0.312 e. The van der Waals surface area contributed by atoms with Gasteiger partial charge in [0.2, 0.25) is 5.91 Å². The van der Waals surface area contributed by atoms with Crippen LogP contribution < -0.4 is 21.1 Å². The molecule has 0 radical (unpaired) electrons. The molecular formula is C10H12N4O2. The lowest BCUT2D eigenvalue weighted by molar-refractivity contribution is -0.117. The number of rotatable bonds is 0. The molecule has 3 N–H and O–H groups in total. The minimum absolute atomic E-state index is 0.00343. The average molecular weight is 220 g/mol. The van der Waals surface area contributed by atoms with Gasteiger partial charge in [-0.25, -0.2) is 10.6 Å². The number of carbonyl (C=O) groups is 2. The number of nitrogens with one attached hydrogen (secondary N) is 1. The highest BCUT2D eigenvalue weighted by Crippen LogP contribution is 2.31. The molecular weight excluding hydrogens is 208 g/mol. The smallest absolute Gasteiger partial charge is 0.312 e. The average Bonchev–Trinajstić information content (AvgIpc) is 2.33. The third-order valence-corrected chi connectivity index (χ3v) is 2.57.